The number of piperidine rings is 1. The third-order valence-corrected chi connectivity index (χ3v) is 5.68. The van der Waals surface area contributed by atoms with Crippen molar-refractivity contribution in [2.45, 2.75) is 38.3 Å². The van der Waals surface area contributed by atoms with E-state index in [0.717, 1.165) is 41.9 Å². The lowest BCUT2D eigenvalue weighted by atomic mass is 9.93. The summed E-state index contributed by atoms with van der Waals surface area (Å²) in [4.78, 5) is 18.9. The highest BCUT2D eigenvalue weighted by molar-refractivity contribution is 5.73. The number of likely N-dealkylation sites (tertiary alicyclic amines) is 1. The topological polar surface area (TPSA) is 53.4 Å². The highest BCUT2D eigenvalue weighted by Gasteiger charge is 2.35. The summed E-state index contributed by atoms with van der Waals surface area (Å²) in [5.41, 5.74) is 5.25. The number of hydrogen-bond donors (Lipinski definition) is 1. The fourth-order valence-corrected chi connectivity index (χ4v) is 4.27. The zero-order valence-electron chi connectivity index (χ0n) is 16.7. The van der Waals surface area contributed by atoms with E-state index in [-0.39, 0.29) is 6.04 Å². The Morgan fingerprint density at radius 3 is 2.38 bits per heavy atom. The summed E-state index contributed by atoms with van der Waals surface area (Å²) >= 11 is 0. The number of aryl methyl sites for hydroxylation is 1. The molecule has 2 aromatic carbocycles. The van der Waals surface area contributed by atoms with E-state index in [1.807, 2.05) is 43.3 Å². The van der Waals surface area contributed by atoms with Crippen LogP contribution in [0.5, 0.6) is 0 Å². The van der Waals surface area contributed by atoms with E-state index < -0.39 is 12.0 Å². The van der Waals surface area contributed by atoms with Crippen molar-refractivity contribution in [1.29, 1.82) is 0 Å². The molecule has 1 N–H and O–H groups in total. The zero-order chi connectivity index (χ0) is 20.2. The smallest absolute Gasteiger partial charge is 0.320 e. The van der Waals surface area contributed by atoms with Crippen molar-refractivity contribution in [3.8, 4) is 11.1 Å². The molecule has 1 saturated heterocycles. The number of carboxylic acids is 1. The van der Waals surface area contributed by atoms with E-state index in [9.17, 15) is 9.90 Å². The molecule has 148 valence electrons. The maximum absolute atomic E-state index is 12.0. The van der Waals surface area contributed by atoms with Gasteiger partial charge in [0.15, 0.2) is 0 Å². The highest BCUT2D eigenvalue weighted by atomic mass is 16.4. The first kappa shape index (κ1) is 19.3. The van der Waals surface area contributed by atoms with Gasteiger partial charge in [0.25, 0.3) is 0 Å². The van der Waals surface area contributed by atoms with Gasteiger partial charge in [0, 0.05) is 5.69 Å². The van der Waals surface area contributed by atoms with Crippen LogP contribution in [-0.2, 0) is 4.79 Å². The van der Waals surface area contributed by atoms with E-state index in [0.29, 0.717) is 6.42 Å². The van der Waals surface area contributed by atoms with Crippen LogP contribution in [0.2, 0.25) is 0 Å². The third-order valence-electron chi connectivity index (χ3n) is 5.68. The monoisotopic (exact) mass is 386 g/mol. The summed E-state index contributed by atoms with van der Waals surface area (Å²) < 4.78 is 0. The second kappa shape index (κ2) is 8.58. The van der Waals surface area contributed by atoms with E-state index in [4.69, 9.17) is 4.98 Å². The molecule has 2 heterocycles. The van der Waals surface area contributed by atoms with Crippen LogP contribution in [-0.4, -0.2) is 33.5 Å². The molecule has 29 heavy (non-hydrogen) atoms. The van der Waals surface area contributed by atoms with E-state index in [2.05, 4.69) is 41.3 Å². The number of rotatable bonds is 5. The zero-order valence-corrected chi connectivity index (χ0v) is 16.7. The van der Waals surface area contributed by atoms with Gasteiger partial charge in [0.1, 0.15) is 6.04 Å². The van der Waals surface area contributed by atoms with Gasteiger partial charge in [0.05, 0.1) is 11.7 Å². The van der Waals surface area contributed by atoms with E-state index >= 15 is 0 Å². The summed E-state index contributed by atoms with van der Waals surface area (Å²) in [6, 6.07) is 24.1. The van der Waals surface area contributed by atoms with Crippen LogP contribution >= 0.6 is 0 Å². The number of carboxylic acid groups (broad SMARTS) is 1. The average molecular weight is 386 g/mol. The molecule has 0 saturated carbocycles. The molecule has 0 radical (unpaired) electrons. The van der Waals surface area contributed by atoms with Crippen molar-refractivity contribution in [3.63, 3.8) is 0 Å². The van der Waals surface area contributed by atoms with Gasteiger partial charge in [-0.3, -0.25) is 14.7 Å². The third kappa shape index (κ3) is 4.22. The number of aliphatic carboxylic acids is 1. The summed E-state index contributed by atoms with van der Waals surface area (Å²) in [5.74, 6) is -0.747. The summed E-state index contributed by atoms with van der Waals surface area (Å²) in [7, 11) is 0. The first-order valence-corrected chi connectivity index (χ1v) is 10.2. The Hall–Kier alpha value is -2.98. The van der Waals surface area contributed by atoms with E-state index in [1.165, 1.54) is 5.56 Å². The van der Waals surface area contributed by atoms with Gasteiger partial charge in [-0.25, -0.2) is 0 Å². The second-order valence-corrected chi connectivity index (χ2v) is 7.68. The maximum atomic E-state index is 12.0. The SMILES string of the molecule is Cc1cccc(C(c2ccc(-c3ccccc3)cc2)N2CCCCC2C(=O)O)n1. The predicted molar refractivity (Wildman–Crippen MR) is 115 cm³/mol. The average Bonchev–Trinajstić information content (AvgIpc) is 2.75. The number of carbonyl (C=O) groups is 1. The lowest BCUT2D eigenvalue weighted by molar-refractivity contribution is -0.145. The van der Waals surface area contributed by atoms with Crippen LogP contribution in [0.1, 0.15) is 42.3 Å². The van der Waals surface area contributed by atoms with Crippen molar-refractivity contribution < 1.29 is 9.90 Å². The molecular formula is C25H26N2O2. The normalized spacial score (nSPS) is 18.3. The van der Waals surface area contributed by atoms with Crippen LogP contribution in [0.15, 0.2) is 72.8 Å². The summed E-state index contributed by atoms with van der Waals surface area (Å²) in [6.07, 6.45) is 2.64. The van der Waals surface area contributed by atoms with Crippen molar-refractivity contribution in [2.24, 2.45) is 0 Å². The van der Waals surface area contributed by atoms with Gasteiger partial charge < -0.3 is 5.11 Å². The van der Waals surface area contributed by atoms with Crippen LogP contribution in [0.3, 0.4) is 0 Å². The first-order chi connectivity index (χ1) is 14.1. The molecule has 2 atom stereocenters. The molecule has 1 fully saturated rings. The Bertz CT molecular complexity index is 970. The molecule has 0 aliphatic carbocycles. The first-order valence-electron chi connectivity index (χ1n) is 10.2. The van der Waals surface area contributed by atoms with Gasteiger partial charge in [-0.15, -0.1) is 0 Å². The minimum Gasteiger partial charge on any atom is -0.480 e. The molecule has 4 heteroatoms. The minimum absolute atomic E-state index is 0.166. The molecule has 0 amide bonds. The number of hydrogen-bond acceptors (Lipinski definition) is 3. The van der Waals surface area contributed by atoms with Crippen molar-refractivity contribution >= 4 is 5.97 Å². The molecule has 3 aromatic rings. The Morgan fingerprint density at radius 1 is 0.966 bits per heavy atom. The van der Waals surface area contributed by atoms with E-state index in [1.54, 1.807) is 0 Å². The maximum Gasteiger partial charge on any atom is 0.320 e. The molecule has 1 aromatic heterocycles. The summed E-state index contributed by atoms with van der Waals surface area (Å²) in [5, 5.41) is 9.84. The van der Waals surface area contributed by atoms with Gasteiger partial charge in [-0.1, -0.05) is 67.1 Å². The second-order valence-electron chi connectivity index (χ2n) is 7.68. The van der Waals surface area contributed by atoms with Crippen molar-refractivity contribution in [2.75, 3.05) is 6.54 Å². The Labute approximate surface area is 171 Å². The number of aromatic nitrogens is 1. The highest BCUT2D eigenvalue weighted by Crippen LogP contribution is 2.34. The molecule has 0 bridgehead atoms. The number of pyridine rings is 1. The van der Waals surface area contributed by atoms with Crippen molar-refractivity contribution in [3.05, 3.63) is 89.7 Å². The standard InChI is InChI=1S/C25H26N2O2/c1-18-8-7-11-22(26-18)24(27-17-6-5-12-23(27)25(28)29)21-15-13-20(14-16-21)19-9-3-2-4-10-19/h2-4,7-11,13-16,23-24H,5-6,12,17H2,1H3,(H,28,29). The number of benzene rings is 2. The molecule has 2 unspecified atom stereocenters. The van der Waals surface area contributed by atoms with Crippen LogP contribution in [0.4, 0.5) is 0 Å². The largest absolute Gasteiger partial charge is 0.480 e. The van der Waals surface area contributed by atoms with Crippen LogP contribution in [0.25, 0.3) is 11.1 Å². The molecule has 1 aliphatic heterocycles. The lowest BCUT2D eigenvalue weighted by Gasteiger charge is -2.39. The number of nitrogens with zero attached hydrogens (tertiary/aromatic N) is 2. The Kier molecular flexibility index (Phi) is 5.72. The molecule has 4 rings (SSSR count). The van der Waals surface area contributed by atoms with Gasteiger partial charge in [-0.2, -0.15) is 0 Å². The van der Waals surface area contributed by atoms with Gasteiger partial charge in [-0.05, 0) is 55.1 Å². The predicted octanol–water partition coefficient (Wildman–Crippen LogP) is 5.09. The van der Waals surface area contributed by atoms with Gasteiger partial charge in [0.2, 0.25) is 0 Å². The quantitative estimate of drug-likeness (QED) is 0.664. The van der Waals surface area contributed by atoms with Crippen LogP contribution < -0.4 is 0 Å². The molecule has 1 aliphatic rings. The van der Waals surface area contributed by atoms with Crippen molar-refractivity contribution in [1.82, 2.24) is 9.88 Å². The fourth-order valence-electron chi connectivity index (χ4n) is 4.27. The summed E-state index contributed by atoms with van der Waals surface area (Å²) in [6.45, 7) is 2.74. The van der Waals surface area contributed by atoms with Gasteiger partial charge >= 0.3 is 5.97 Å². The Morgan fingerprint density at radius 2 is 1.69 bits per heavy atom. The molecule has 4 nitrogen and oxygen atoms in total. The molecular weight excluding hydrogens is 360 g/mol. The molecule has 0 spiro atoms. The lowest BCUT2D eigenvalue weighted by Crippen LogP contribution is -2.47. The van der Waals surface area contributed by atoms with Crippen LogP contribution in [0, 0.1) is 6.92 Å². The Balaban J connectivity index is 1.75. The minimum atomic E-state index is -0.747. The fraction of sp³-hybridized carbons (Fsp3) is 0.280.